The predicted octanol–water partition coefficient (Wildman–Crippen LogP) is 4.04. The minimum Gasteiger partial charge on any atom is -0.416 e. The first kappa shape index (κ1) is 16.0. The number of aryl methyl sites for hydroxylation is 2. The topological polar surface area (TPSA) is 51.0 Å². The number of aromatic nitrogens is 2. The van der Waals surface area contributed by atoms with Crippen LogP contribution >= 0.6 is 11.8 Å². The van der Waals surface area contributed by atoms with Crippen LogP contribution in [-0.2, 0) is 0 Å². The van der Waals surface area contributed by atoms with E-state index in [2.05, 4.69) is 22.4 Å². The van der Waals surface area contributed by atoms with Crippen molar-refractivity contribution in [2.24, 2.45) is 0 Å². The Morgan fingerprint density at radius 2 is 2.10 bits per heavy atom. The number of nitrogens with zero attached hydrogens (tertiary/aromatic N) is 2. The summed E-state index contributed by atoms with van der Waals surface area (Å²) < 4.78 is 19.3. The third-order valence-electron chi connectivity index (χ3n) is 3.16. The highest BCUT2D eigenvalue weighted by atomic mass is 32.2. The molecule has 6 heteroatoms. The Labute approximate surface area is 128 Å². The molecule has 2 aromatic rings. The maximum absolute atomic E-state index is 13.9. The summed E-state index contributed by atoms with van der Waals surface area (Å²) in [5.41, 5.74) is 1.52. The molecule has 0 saturated carbocycles. The van der Waals surface area contributed by atoms with Gasteiger partial charge in [0.05, 0.1) is 0 Å². The van der Waals surface area contributed by atoms with Crippen LogP contribution in [0.2, 0.25) is 0 Å². The van der Waals surface area contributed by atoms with Gasteiger partial charge < -0.3 is 9.73 Å². The van der Waals surface area contributed by atoms with Crippen LogP contribution in [0.25, 0.3) is 0 Å². The van der Waals surface area contributed by atoms with Gasteiger partial charge in [0.15, 0.2) is 0 Å². The zero-order valence-corrected chi connectivity index (χ0v) is 13.6. The largest absolute Gasteiger partial charge is 0.416 e. The molecule has 0 saturated heterocycles. The minimum absolute atomic E-state index is 0.0616. The Morgan fingerprint density at radius 1 is 1.33 bits per heavy atom. The molecule has 1 N–H and O–H groups in total. The first-order valence-corrected chi connectivity index (χ1v) is 7.84. The summed E-state index contributed by atoms with van der Waals surface area (Å²) in [5.74, 6) is 0.330. The van der Waals surface area contributed by atoms with Crippen LogP contribution in [0.4, 0.5) is 4.39 Å². The van der Waals surface area contributed by atoms with Gasteiger partial charge in [-0.2, -0.15) is 0 Å². The van der Waals surface area contributed by atoms with Crippen LogP contribution in [0.3, 0.4) is 0 Å². The molecule has 1 aromatic heterocycles. The highest BCUT2D eigenvalue weighted by molar-refractivity contribution is 7.99. The molecule has 0 aliphatic heterocycles. The zero-order chi connectivity index (χ0) is 15.4. The molecule has 0 spiro atoms. The summed E-state index contributed by atoms with van der Waals surface area (Å²) in [4.78, 5) is 0.939. The van der Waals surface area contributed by atoms with Gasteiger partial charge in [-0.15, -0.1) is 10.2 Å². The third kappa shape index (κ3) is 4.04. The molecular weight excluding hydrogens is 289 g/mol. The van der Waals surface area contributed by atoms with Gasteiger partial charge in [0.1, 0.15) is 5.82 Å². The summed E-state index contributed by atoms with van der Waals surface area (Å²) in [7, 11) is 0. The van der Waals surface area contributed by atoms with E-state index < -0.39 is 0 Å². The van der Waals surface area contributed by atoms with Gasteiger partial charge in [-0.3, -0.25) is 0 Å². The molecule has 4 nitrogen and oxygen atoms in total. The number of hydrogen-bond acceptors (Lipinski definition) is 5. The standard InChI is InChI=1S/C15H20FN3OS/c1-5-6-17-10(3)12-8-13(16)9(2)7-14(12)21-15-19-18-11(4)20-15/h7-8,10,17H,5-6H2,1-4H3. The average Bonchev–Trinajstić information content (AvgIpc) is 2.85. The van der Waals surface area contributed by atoms with E-state index in [0.29, 0.717) is 16.7 Å². The summed E-state index contributed by atoms with van der Waals surface area (Å²) in [6.07, 6.45) is 1.03. The van der Waals surface area contributed by atoms with Gasteiger partial charge in [-0.05, 0) is 61.8 Å². The monoisotopic (exact) mass is 309 g/mol. The van der Waals surface area contributed by atoms with E-state index >= 15 is 0 Å². The Morgan fingerprint density at radius 3 is 2.71 bits per heavy atom. The molecule has 0 amide bonds. The van der Waals surface area contributed by atoms with E-state index in [4.69, 9.17) is 4.42 Å². The van der Waals surface area contributed by atoms with Gasteiger partial charge >= 0.3 is 0 Å². The van der Waals surface area contributed by atoms with Crippen LogP contribution in [0.5, 0.6) is 0 Å². The van der Waals surface area contributed by atoms with E-state index in [1.54, 1.807) is 19.9 Å². The van der Waals surface area contributed by atoms with Crippen LogP contribution in [0.15, 0.2) is 26.7 Å². The van der Waals surface area contributed by atoms with Crippen molar-refractivity contribution in [2.75, 3.05) is 6.54 Å². The lowest BCUT2D eigenvalue weighted by Gasteiger charge is -2.17. The molecule has 21 heavy (non-hydrogen) atoms. The molecular formula is C15H20FN3OS. The minimum atomic E-state index is -0.193. The Hall–Kier alpha value is -1.40. The van der Waals surface area contributed by atoms with Crippen molar-refractivity contribution in [2.45, 2.75) is 50.3 Å². The SMILES string of the molecule is CCCNC(C)c1cc(F)c(C)cc1Sc1nnc(C)o1. The zero-order valence-electron chi connectivity index (χ0n) is 12.7. The quantitative estimate of drug-likeness (QED) is 0.873. The molecule has 0 aliphatic rings. The second kappa shape index (κ2) is 7.04. The molecule has 0 aliphatic carbocycles. The smallest absolute Gasteiger partial charge is 0.281 e. The summed E-state index contributed by atoms with van der Waals surface area (Å²) in [5, 5.41) is 11.7. The summed E-state index contributed by atoms with van der Waals surface area (Å²) >= 11 is 1.37. The fourth-order valence-electron chi connectivity index (χ4n) is 1.98. The number of halogens is 1. The normalized spacial score (nSPS) is 12.6. The van der Waals surface area contributed by atoms with E-state index in [1.807, 2.05) is 13.0 Å². The Balaban J connectivity index is 2.31. The number of benzene rings is 1. The van der Waals surface area contributed by atoms with Crippen LogP contribution in [0, 0.1) is 19.7 Å². The highest BCUT2D eigenvalue weighted by Gasteiger charge is 2.16. The van der Waals surface area contributed by atoms with Crippen molar-refractivity contribution in [1.29, 1.82) is 0 Å². The van der Waals surface area contributed by atoms with E-state index in [9.17, 15) is 4.39 Å². The van der Waals surface area contributed by atoms with Crippen molar-refractivity contribution < 1.29 is 8.81 Å². The van der Waals surface area contributed by atoms with Crippen molar-refractivity contribution in [1.82, 2.24) is 15.5 Å². The highest BCUT2D eigenvalue weighted by Crippen LogP contribution is 2.34. The van der Waals surface area contributed by atoms with Crippen molar-refractivity contribution in [3.05, 3.63) is 35.0 Å². The van der Waals surface area contributed by atoms with E-state index in [-0.39, 0.29) is 11.9 Å². The third-order valence-corrected chi connectivity index (χ3v) is 4.08. The van der Waals surface area contributed by atoms with Gasteiger partial charge in [0, 0.05) is 17.9 Å². The fourth-order valence-corrected chi connectivity index (χ4v) is 3.00. The van der Waals surface area contributed by atoms with E-state index in [1.165, 1.54) is 11.8 Å². The molecule has 1 unspecified atom stereocenters. The molecule has 1 aromatic carbocycles. The molecule has 1 heterocycles. The van der Waals surface area contributed by atoms with Gasteiger partial charge in [-0.1, -0.05) is 6.92 Å². The van der Waals surface area contributed by atoms with Crippen LogP contribution in [0.1, 0.15) is 43.3 Å². The first-order chi connectivity index (χ1) is 10.0. The molecule has 0 radical (unpaired) electrons. The lowest BCUT2D eigenvalue weighted by atomic mass is 10.1. The average molecular weight is 309 g/mol. The second-order valence-corrected chi connectivity index (χ2v) is 6.00. The maximum Gasteiger partial charge on any atom is 0.281 e. The number of hydrogen-bond donors (Lipinski definition) is 1. The lowest BCUT2D eigenvalue weighted by Crippen LogP contribution is -2.20. The molecule has 0 fully saturated rings. The number of nitrogens with one attached hydrogen (secondary N) is 1. The lowest BCUT2D eigenvalue weighted by molar-refractivity contribution is 0.429. The van der Waals surface area contributed by atoms with Crippen molar-refractivity contribution >= 4 is 11.8 Å². The van der Waals surface area contributed by atoms with Crippen LogP contribution in [-0.4, -0.2) is 16.7 Å². The summed E-state index contributed by atoms with van der Waals surface area (Å²) in [6, 6.07) is 3.49. The molecule has 0 bridgehead atoms. The maximum atomic E-state index is 13.9. The molecule has 114 valence electrons. The first-order valence-electron chi connectivity index (χ1n) is 7.02. The fraction of sp³-hybridized carbons (Fsp3) is 0.467. The van der Waals surface area contributed by atoms with Crippen LogP contribution < -0.4 is 5.32 Å². The van der Waals surface area contributed by atoms with E-state index in [0.717, 1.165) is 23.4 Å². The Bertz CT molecular complexity index is 615. The molecule has 1 atom stereocenters. The van der Waals surface area contributed by atoms with Gasteiger partial charge in [0.25, 0.3) is 5.22 Å². The Kier molecular flexibility index (Phi) is 5.36. The van der Waals surface area contributed by atoms with Crippen molar-refractivity contribution in [3.8, 4) is 0 Å². The summed E-state index contributed by atoms with van der Waals surface area (Å²) in [6.45, 7) is 8.53. The predicted molar refractivity (Wildman–Crippen MR) is 81.0 cm³/mol. The van der Waals surface area contributed by atoms with Gasteiger partial charge in [0.2, 0.25) is 5.89 Å². The number of rotatable bonds is 6. The second-order valence-electron chi connectivity index (χ2n) is 5.00. The molecule has 2 rings (SSSR count). The van der Waals surface area contributed by atoms with Crippen molar-refractivity contribution in [3.63, 3.8) is 0 Å². The van der Waals surface area contributed by atoms with Gasteiger partial charge in [-0.25, -0.2) is 4.39 Å².